The number of benzene rings is 8. The first-order chi connectivity index (χ1) is 21.1. The Hall–Kier alpha value is -5.20. The van der Waals surface area contributed by atoms with E-state index in [0.717, 1.165) is 0 Å². The minimum absolute atomic E-state index is 1.25. The van der Waals surface area contributed by atoms with Gasteiger partial charge in [-0.15, -0.1) is 0 Å². The summed E-state index contributed by atoms with van der Waals surface area (Å²) in [5.74, 6) is 0. The Morgan fingerprint density at radius 3 is 1.33 bits per heavy atom. The molecule has 0 spiro atoms. The van der Waals surface area contributed by atoms with E-state index in [0.29, 0.717) is 0 Å². The molecule has 0 N–H and O–H groups in total. The summed E-state index contributed by atoms with van der Waals surface area (Å²) in [7, 11) is 0. The molecule has 0 heterocycles. The second-order valence-corrected chi connectivity index (χ2v) is 11.9. The van der Waals surface area contributed by atoms with Crippen molar-refractivity contribution in [2.45, 2.75) is 20.8 Å². The smallest absolute Gasteiger partial charge is 0.00199 e. The molecule has 8 aromatic carbocycles. The summed E-state index contributed by atoms with van der Waals surface area (Å²) in [6, 6.07) is 51.8. The molecule has 0 aliphatic rings. The molecular formula is C43H32. The summed E-state index contributed by atoms with van der Waals surface area (Å²) in [6.07, 6.45) is 0. The van der Waals surface area contributed by atoms with Gasteiger partial charge in [-0.3, -0.25) is 0 Å². The highest BCUT2D eigenvalue weighted by Gasteiger charge is 2.20. The van der Waals surface area contributed by atoms with Crippen LogP contribution in [0.15, 0.2) is 140 Å². The first-order valence-corrected chi connectivity index (χ1v) is 15.1. The number of aryl methyl sites for hydroxylation is 2. The van der Waals surface area contributed by atoms with Crippen molar-refractivity contribution < 1.29 is 0 Å². The molecule has 0 aromatic heterocycles. The molecule has 0 heteroatoms. The minimum Gasteiger partial charge on any atom is -0.0616 e. The molecule has 0 amide bonds. The average molecular weight is 549 g/mol. The fourth-order valence-electron chi connectivity index (χ4n) is 6.95. The highest BCUT2D eigenvalue weighted by molar-refractivity contribution is 6.23. The largest absolute Gasteiger partial charge is 0.0616 e. The Kier molecular flexibility index (Phi) is 5.91. The van der Waals surface area contributed by atoms with E-state index < -0.39 is 0 Å². The summed E-state index contributed by atoms with van der Waals surface area (Å²) in [4.78, 5) is 0. The fourth-order valence-corrected chi connectivity index (χ4v) is 6.95. The van der Waals surface area contributed by atoms with Crippen molar-refractivity contribution >= 4 is 43.1 Å². The van der Waals surface area contributed by atoms with Gasteiger partial charge in [0.2, 0.25) is 0 Å². The third-order valence-corrected chi connectivity index (χ3v) is 9.36. The molecule has 8 aromatic rings. The summed E-state index contributed by atoms with van der Waals surface area (Å²) < 4.78 is 0. The van der Waals surface area contributed by atoms with E-state index in [-0.39, 0.29) is 0 Å². The van der Waals surface area contributed by atoms with Crippen molar-refractivity contribution in [2.75, 3.05) is 0 Å². The van der Waals surface area contributed by atoms with Crippen molar-refractivity contribution in [1.82, 2.24) is 0 Å². The normalized spacial score (nSPS) is 11.6. The van der Waals surface area contributed by atoms with Gasteiger partial charge in [0.15, 0.2) is 0 Å². The predicted octanol–water partition coefficient (Wildman–Crippen LogP) is 12.2. The fraction of sp³-hybridized carbons (Fsp3) is 0.0698. The van der Waals surface area contributed by atoms with Gasteiger partial charge < -0.3 is 0 Å². The van der Waals surface area contributed by atoms with Crippen LogP contribution in [0.4, 0.5) is 0 Å². The Balaban J connectivity index is 1.52. The summed E-state index contributed by atoms with van der Waals surface area (Å²) in [5, 5.41) is 10.2. The van der Waals surface area contributed by atoms with Crippen LogP contribution in [0.1, 0.15) is 16.7 Å². The summed E-state index contributed by atoms with van der Waals surface area (Å²) >= 11 is 0. The predicted molar refractivity (Wildman–Crippen MR) is 187 cm³/mol. The maximum absolute atomic E-state index is 2.42. The Labute approximate surface area is 252 Å². The van der Waals surface area contributed by atoms with Crippen molar-refractivity contribution in [3.63, 3.8) is 0 Å². The third-order valence-electron chi connectivity index (χ3n) is 9.36. The van der Waals surface area contributed by atoms with Gasteiger partial charge in [-0.25, -0.2) is 0 Å². The Morgan fingerprint density at radius 1 is 0.326 bits per heavy atom. The molecule has 0 fully saturated rings. The number of rotatable bonds is 3. The van der Waals surface area contributed by atoms with E-state index >= 15 is 0 Å². The molecular weight excluding hydrogens is 516 g/mol. The van der Waals surface area contributed by atoms with Crippen LogP contribution in [-0.4, -0.2) is 0 Å². The highest BCUT2D eigenvalue weighted by Crippen LogP contribution is 2.47. The van der Waals surface area contributed by atoms with E-state index in [1.54, 1.807) is 0 Å². The van der Waals surface area contributed by atoms with E-state index in [4.69, 9.17) is 0 Å². The second-order valence-electron chi connectivity index (χ2n) is 11.9. The molecule has 0 atom stereocenters. The van der Waals surface area contributed by atoms with Gasteiger partial charge in [-0.05, 0) is 132 Å². The monoisotopic (exact) mass is 548 g/mol. The van der Waals surface area contributed by atoms with Gasteiger partial charge in [0.1, 0.15) is 0 Å². The van der Waals surface area contributed by atoms with Crippen LogP contribution in [0, 0.1) is 20.8 Å². The van der Waals surface area contributed by atoms with Crippen LogP contribution in [0.3, 0.4) is 0 Å². The van der Waals surface area contributed by atoms with Gasteiger partial charge in [-0.1, -0.05) is 121 Å². The van der Waals surface area contributed by atoms with Crippen molar-refractivity contribution in [1.29, 1.82) is 0 Å². The lowest BCUT2D eigenvalue weighted by atomic mass is 9.82. The summed E-state index contributed by atoms with van der Waals surface area (Å²) in [6.45, 7) is 6.69. The van der Waals surface area contributed by atoms with E-state index in [1.165, 1.54) is 93.2 Å². The molecule has 43 heavy (non-hydrogen) atoms. The molecule has 0 nitrogen and oxygen atoms in total. The quantitative estimate of drug-likeness (QED) is 0.193. The number of hydrogen-bond acceptors (Lipinski definition) is 0. The van der Waals surface area contributed by atoms with Gasteiger partial charge in [-0.2, -0.15) is 0 Å². The molecule has 8 rings (SSSR count). The minimum atomic E-state index is 1.25. The van der Waals surface area contributed by atoms with E-state index in [1.807, 2.05) is 0 Å². The van der Waals surface area contributed by atoms with E-state index in [2.05, 4.69) is 160 Å². The Bertz CT molecular complexity index is 2290. The molecule has 0 saturated heterocycles. The third kappa shape index (κ3) is 4.14. The van der Waals surface area contributed by atoms with E-state index in [9.17, 15) is 0 Å². The van der Waals surface area contributed by atoms with Crippen molar-refractivity contribution in [2.24, 2.45) is 0 Å². The van der Waals surface area contributed by atoms with Gasteiger partial charge in [0.25, 0.3) is 0 Å². The molecule has 0 unspecified atom stereocenters. The zero-order chi connectivity index (χ0) is 29.1. The second kappa shape index (κ2) is 9.96. The first-order valence-electron chi connectivity index (χ1n) is 15.1. The van der Waals surface area contributed by atoms with Gasteiger partial charge in [0, 0.05) is 0 Å². The zero-order valence-electron chi connectivity index (χ0n) is 24.8. The lowest BCUT2D eigenvalue weighted by Crippen LogP contribution is -1.95. The van der Waals surface area contributed by atoms with Crippen molar-refractivity contribution in [3.05, 3.63) is 156 Å². The lowest BCUT2D eigenvalue weighted by molar-refractivity contribution is 1.27. The molecule has 204 valence electrons. The maximum atomic E-state index is 2.42. The zero-order valence-corrected chi connectivity index (χ0v) is 24.8. The van der Waals surface area contributed by atoms with Crippen LogP contribution >= 0.6 is 0 Å². The Morgan fingerprint density at radius 2 is 0.767 bits per heavy atom. The molecule has 0 aliphatic heterocycles. The molecule has 0 aliphatic carbocycles. The highest BCUT2D eigenvalue weighted by atomic mass is 14.2. The topological polar surface area (TPSA) is 0 Å². The summed E-state index contributed by atoms with van der Waals surface area (Å²) in [5.41, 5.74) is 11.7. The average Bonchev–Trinajstić information content (AvgIpc) is 3.05. The SMILES string of the molecule is Cc1cc(-c2cc3ccccc3cc2-c2c3ccccc3c(-c3ccc4ccccc4c3)c3ccccc23)cc(C)c1C. The van der Waals surface area contributed by atoms with Crippen LogP contribution < -0.4 is 0 Å². The molecule has 0 bridgehead atoms. The number of fused-ring (bicyclic) bond motifs is 4. The van der Waals surface area contributed by atoms with Crippen LogP contribution in [0.2, 0.25) is 0 Å². The van der Waals surface area contributed by atoms with Crippen molar-refractivity contribution in [3.8, 4) is 33.4 Å². The maximum Gasteiger partial charge on any atom is -0.00199 e. The van der Waals surface area contributed by atoms with Gasteiger partial charge in [0.05, 0.1) is 0 Å². The van der Waals surface area contributed by atoms with Crippen LogP contribution in [0.25, 0.3) is 76.5 Å². The standard InChI is InChI=1S/C43H32/c1-27-22-35(23-28(2)29(27)3)40-25-32-14-6-7-15-33(32)26-41(40)43-38-18-10-8-16-36(38)42(37-17-9-11-19-39(37)43)34-21-20-30-12-4-5-13-31(30)24-34/h4-26H,1-3H3. The van der Waals surface area contributed by atoms with Gasteiger partial charge >= 0.3 is 0 Å². The van der Waals surface area contributed by atoms with Crippen LogP contribution in [-0.2, 0) is 0 Å². The lowest BCUT2D eigenvalue weighted by Gasteiger charge is -2.21. The molecule has 0 radical (unpaired) electrons. The number of hydrogen-bond donors (Lipinski definition) is 0. The molecule has 0 saturated carbocycles. The van der Waals surface area contributed by atoms with Crippen LogP contribution in [0.5, 0.6) is 0 Å². The first kappa shape index (κ1) is 25.5.